The third kappa shape index (κ3) is 3.52. The average Bonchev–Trinajstić information content (AvgIpc) is 3.19. The molecule has 0 bridgehead atoms. The van der Waals surface area contributed by atoms with Crippen molar-refractivity contribution < 1.29 is 31.5 Å². The standard InChI is InChI=1S/C15H13F3N4O4S/c1-2-3-27(25,26)12-5-11-10(4-9(12)15(16,17)18)20-14(21-11)22-7-8(6-19-22)13(23)24/h4-7H,2-3H2,1H3,(H,20,21)(H,23,24). The van der Waals surface area contributed by atoms with E-state index in [1.807, 2.05) is 0 Å². The molecule has 0 aliphatic heterocycles. The van der Waals surface area contributed by atoms with E-state index in [1.54, 1.807) is 6.92 Å². The summed E-state index contributed by atoms with van der Waals surface area (Å²) in [5.41, 5.74) is -1.51. The third-order valence-corrected chi connectivity index (χ3v) is 5.68. The lowest BCUT2D eigenvalue weighted by molar-refractivity contribution is -0.139. The Kier molecular flexibility index (Phi) is 4.46. The minimum absolute atomic E-state index is 0.0457. The number of rotatable bonds is 5. The van der Waals surface area contributed by atoms with Gasteiger partial charge in [0.1, 0.15) is 0 Å². The molecule has 144 valence electrons. The van der Waals surface area contributed by atoms with Gasteiger partial charge in [0, 0.05) is 6.20 Å². The second-order valence-electron chi connectivity index (χ2n) is 5.72. The zero-order valence-electron chi connectivity index (χ0n) is 13.8. The number of benzene rings is 1. The number of H-pyrrole nitrogens is 1. The molecule has 0 atom stereocenters. The van der Waals surface area contributed by atoms with Crippen LogP contribution < -0.4 is 0 Å². The van der Waals surface area contributed by atoms with Gasteiger partial charge in [-0.1, -0.05) is 6.92 Å². The van der Waals surface area contributed by atoms with E-state index in [0.29, 0.717) is 6.07 Å². The fourth-order valence-corrected chi connectivity index (χ4v) is 4.10. The average molecular weight is 402 g/mol. The maximum Gasteiger partial charge on any atom is 0.417 e. The summed E-state index contributed by atoms with van der Waals surface area (Å²) in [4.78, 5) is 16.7. The number of sulfone groups is 1. The van der Waals surface area contributed by atoms with Gasteiger partial charge >= 0.3 is 12.1 Å². The van der Waals surface area contributed by atoms with Crippen LogP contribution in [-0.4, -0.2) is 45.0 Å². The highest BCUT2D eigenvalue weighted by atomic mass is 32.2. The maximum absolute atomic E-state index is 13.4. The number of aromatic amines is 1. The molecule has 0 saturated heterocycles. The number of carboxylic acids is 1. The molecule has 12 heteroatoms. The van der Waals surface area contributed by atoms with E-state index in [1.165, 1.54) is 0 Å². The number of fused-ring (bicyclic) bond motifs is 1. The molecule has 1 aromatic carbocycles. The second-order valence-corrected chi connectivity index (χ2v) is 7.80. The van der Waals surface area contributed by atoms with Crippen molar-refractivity contribution in [1.29, 1.82) is 0 Å². The summed E-state index contributed by atoms with van der Waals surface area (Å²) < 4.78 is 65.8. The van der Waals surface area contributed by atoms with Crippen molar-refractivity contribution in [2.24, 2.45) is 0 Å². The summed E-state index contributed by atoms with van der Waals surface area (Å²) >= 11 is 0. The van der Waals surface area contributed by atoms with Crippen LogP contribution in [0.5, 0.6) is 0 Å². The number of alkyl halides is 3. The Bertz CT molecular complexity index is 1130. The molecular formula is C15H13F3N4O4S. The van der Waals surface area contributed by atoms with E-state index in [-0.39, 0.29) is 29.0 Å². The van der Waals surface area contributed by atoms with Crippen LogP contribution in [0.3, 0.4) is 0 Å². The lowest BCUT2D eigenvalue weighted by Crippen LogP contribution is -2.15. The normalized spacial score (nSPS) is 12.6. The number of carbonyl (C=O) groups is 1. The minimum atomic E-state index is -4.88. The van der Waals surface area contributed by atoms with Crippen LogP contribution in [0.1, 0.15) is 29.3 Å². The molecule has 0 fully saturated rings. The van der Waals surface area contributed by atoms with Gasteiger partial charge < -0.3 is 10.1 Å². The van der Waals surface area contributed by atoms with Gasteiger partial charge in [0.25, 0.3) is 0 Å². The molecule has 0 saturated carbocycles. The quantitative estimate of drug-likeness (QED) is 0.677. The number of imidazole rings is 1. The van der Waals surface area contributed by atoms with Gasteiger partial charge in [0.15, 0.2) is 9.84 Å². The fourth-order valence-electron chi connectivity index (χ4n) is 2.54. The SMILES string of the molecule is CCCS(=O)(=O)c1cc2[nH]c(-n3cc(C(=O)O)cn3)nc2cc1C(F)(F)F. The van der Waals surface area contributed by atoms with E-state index >= 15 is 0 Å². The molecule has 0 radical (unpaired) electrons. The zero-order valence-corrected chi connectivity index (χ0v) is 14.6. The number of halogens is 3. The van der Waals surface area contributed by atoms with Crippen molar-refractivity contribution in [1.82, 2.24) is 19.7 Å². The Morgan fingerprint density at radius 3 is 2.59 bits per heavy atom. The summed E-state index contributed by atoms with van der Waals surface area (Å²) in [5, 5.41) is 12.7. The monoisotopic (exact) mass is 402 g/mol. The molecule has 2 heterocycles. The Hall–Kier alpha value is -2.89. The summed E-state index contributed by atoms with van der Waals surface area (Å²) in [6.07, 6.45) is -2.55. The van der Waals surface area contributed by atoms with Crippen molar-refractivity contribution in [3.8, 4) is 5.95 Å². The number of carboxylic acid groups (broad SMARTS) is 1. The minimum Gasteiger partial charge on any atom is -0.478 e. The maximum atomic E-state index is 13.4. The largest absolute Gasteiger partial charge is 0.478 e. The molecule has 2 N–H and O–H groups in total. The van der Waals surface area contributed by atoms with Crippen molar-refractivity contribution in [3.05, 3.63) is 35.7 Å². The predicted octanol–water partition coefficient (Wildman–Crippen LogP) is 2.65. The van der Waals surface area contributed by atoms with Gasteiger partial charge in [0.2, 0.25) is 5.95 Å². The summed E-state index contributed by atoms with van der Waals surface area (Å²) in [7, 11) is -4.15. The lowest BCUT2D eigenvalue weighted by atomic mass is 10.2. The molecular weight excluding hydrogens is 389 g/mol. The first-order valence-electron chi connectivity index (χ1n) is 7.65. The topological polar surface area (TPSA) is 118 Å². The Morgan fingerprint density at radius 1 is 1.33 bits per heavy atom. The van der Waals surface area contributed by atoms with E-state index < -0.39 is 38.2 Å². The van der Waals surface area contributed by atoms with E-state index in [9.17, 15) is 26.4 Å². The molecule has 2 aromatic heterocycles. The van der Waals surface area contributed by atoms with Gasteiger partial charge in [-0.15, -0.1) is 0 Å². The zero-order chi connectivity index (χ0) is 20.0. The van der Waals surface area contributed by atoms with E-state index in [4.69, 9.17) is 5.11 Å². The lowest BCUT2D eigenvalue weighted by Gasteiger charge is -2.13. The first-order chi connectivity index (χ1) is 12.5. The number of hydrogen-bond donors (Lipinski definition) is 2. The molecule has 3 aromatic rings. The first-order valence-corrected chi connectivity index (χ1v) is 9.30. The van der Waals surface area contributed by atoms with Gasteiger partial charge in [-0.25, -0.2) is 22.9 Å². The van der Waals surface area contributed by atoms with Crippen LogP contribution in [0, 0.1) is 0 Å². The van der Waals surface area contributed by atoms with Gasteiger partial charge in [0.05, 0.1) is 39.0 Å². The molecule has 8 nitrogen and oxygen atoms in total. The van der Waals surface area contributed by atoms with Crippen molar-refractivity contribution in [2.45, 2.75) is 24.4 Å². The Labute approximate surface area is 150 Å². The van der Waals surface area contributed by atoms with Crippen LogP contribution in [0.4, 0.5) is 13.2 Å². The molecule has 0 amide bonds. The van der Waals surface area contributed by atoms with Gasteiger partial charge in [-0.2, -0.15) is 18.3 Å². The van der Waals surface area contributed by atoms with Crippen LogP contribution in [0.15, 0.2) is 29.4 Å². The van der Waals surface area contributed by atoms with E-state index in [0.717, 1.165) is 23.1 Å². The van der Waals surface area contributed by atoms with Gasteiger partial charge in [-0.05, 0) is 18.6 Å². The highest BCUT2D eigenvalue weighted by molar-refractivity contribution is 7.91. The Morgan fingerprint density at radius 2 is 2.04 bits per heavy atom. The van der Waals surface area contributed by atoms with Crippen molar-refractivity contribution in [3.63, 3.8) is 0 Å². The summed E-state index contributed by atoms with van der Waals surface area (Å²) in [6.45, 7) is 1.55. The first kappa shape index (κ1) is 18.9. The van der Waals surface area contributed by atoms with Gasteiger partial charge in [-0.3, -0.25) is 0 Å². The Balaban J connectivity index is 2.20. The molecule has 27 heavy (non-hydrogen) atoms. The highest BCUT2D eigenvalue weighted by Crippen LogP contribution is 2.37. The molecule has 0 aliphatic carbocycles. The van der Waals surface area contributed by atoms with Crippen LogP contribution in [0.2, 0.25) is 0 Å². The number of nitrogens with zero attached hydrogens (tertiary/aromatic N) is 3. The fraction of sp³-hybridized carbons (Fsp3) is 0.267. The number of nitrogens with one attached hydrogen (secondary N) is 1. The number of aromatic carboxylic acids is 1. The van der Waals surface area contributed by atoms with Crippen LogP contribution in [0.25, 0.3) is 17.0 Å². The molecule has 0 spiro atoms. The highest BCUT2D eigenvalue weighted by Gasteiger charge is 2.37. The molecule has 0 aliphatic rings. The summed E-state index contributed by atoms with van der Waals surface area (Å²) in [6, 6.07) is 1.54. The number of hydrogen-bond acceptors (Lipinski definition) is 5. The van der Waals surface area contributed by atoms with Crippen molar-refractivity contribution in [2.75, 3.05) is 5.75 Å². The third-order valence-electron chi connectivity index (χ3n) is 3.73. The second kappa shape index (κ2) is 6.37. The molecule has 0 unspecified atom stereocenters. The predicted molar refractivity (Wildman–Crippen MR) is 87.5 cm³/mol. The van der Waals surface area contributed by atoms with Crippen LogP contribution in [-0.2, 0) is 16.0 Å². The van der Waals surface area contributed by atoms with E-state index in [2.05, 4.69) is 15.1 Å². The summed E-state index contributed by atoms with van der Waals surface area (Å²) in [5.74, 6) is -1.70. The molecule has 3 rings (SSSR count). The van der Waals surface area contributed by atoms with Crippen molar-refractivity contribution >= 4 is 26.8 Å². The number of aromatic nitrogens is 4. The van der Waals surface area contributed by atoms with Crippen LogP contribution >= 0.6 is 0 Å². The smallest absolute Gasteiger partial charge is 0.417 e.